The lowest BCUT2D eigenvalue weighted by molar-refractivity contribution is -0.137. The van der Waals surface area contributed by atoms with Gasteiger partial charge in [-0.25, -0.2) is 0 Å². The monoisotopic (exact) mass is 397 g/mol. The van der Waals surface area contributed by atoms with Crippen molar-refractivity contribution < 1.29 is 9.59 Å². The van der Waals surface area contributed by atoms with Crippen molar-refractivity contribution in [3.63, 3.8) is 0 Å². The highest BCUT2D eigenvalue weighted by Crippen LogP contribution is 2.29. The zero-order valence-corrected chi connectivity index (χ0v) is 17.6. The molecule has 1 aliphatic carbocycles. The number of carbonyl (C=O) groups is 2. The van der Waals surface area contributed by atoms with Crippen molar-refractivity contribution in [2.45, 2.75) is 63.8 Å². The summed E-state index contributed by atoms with van der Waals surface area (Å²) in [5, 5.41) is 3.26. The van der Waals surface area contributed by atoms with Gasteiger partial charge in [-0.3, -0.25) is 14.5 Å². The highest BCUT2D eigenvalue weighted by Gasteiger charge is 2.30. The van der Waals surface area contributed by atoms with Crippen LogP contribution in [-0.2, 0) is 16.0 Å². The summed E-state index contributed by atoms with van der Waals surface area (Å²) < 4.78 is 0. The number of aryl methyl sites for hydroxylation is 1. The zero-order chi connectivity index (χ0) is 20.1. The molecular formula is C24H35N3O2. The van der Waals surface area contributed by atoms with Gasteiger partial charge in [0, 0.05) is 19.0 Å². The van der Waals surface area contributed by atoms with Crippen molar-refractivity contribution in [3.05, 3.63) is 35.4 Å². The van der Waals surface area contributed by atoms with Crippen LogP contribution in [-0.4, -0.2) is 54.3 Å². The predicted molar refractivity (Wildman–Crippen MR) is 114 cm³/mol. The summed E-state index contributed by atoms with van der Waals surface area (Å²) in [4.78, 5) is 29.8. The van der Waals surface area contributed by atoms with Gasteiger partial charge in [-0.15, -0.1) is 0 Å². The molecule has 158 valence electrons. The molecule has 3 aliphatic rings. The Morgan fingerprint density at radius 3 is 2.38 bits per heavy atom. The first kappa shape index (κ1) is 20.4. The van der Waals surface area contributed by atoms with E-state index in [4.69, 9.17) is 0 Å². The third kappa shape index (κ3) is 5.19. The molecule has 0 spiro atoms. The molecule has 2 saturated heterocycles. The molecule has 0 radical (unpaired) electrons. The lowest BCUT2D eigenvalue weighted by atomic mass is 9.88. The summed E-state index contributed by atoms with van der Waals surface area (Å²) in [5.41, 5.74) is 2.66. The summed E-state index contributed by atoms with van der Waals surface area (Å²) in [7, 11) is 0. The molecule has 1 aromatic carbocycles. The van der Waals surface area contributed by atoms with Crippen LogP contribution >= 0.6 is 0 Å². The molecule has 0 aromatic heterocycles. The molecule has 1 aromatic rings. The van der Waals surface area contributed by atoms with Gasteiger partial charge in [0.1, 0.15) is 0 Å². The molecular weight excluding hydrogens is 362 g/mol. The van der Waals surface area contributed by atoms with E-state index in [1.807, 2.05) is 0 Å². The summed E-state index contributed by atoms with van der Waals surface area (Å²) in [6.45, 7) is 4.01. The molecule has 1 N–H and O–H groups in total. The molecule has 2 amide bonds. The van der Waals surface area contributed by atoms with Crippen molar-refractivity contribution in [3.8, 4) is 0 Å². The predicted octanol–water partition coefficient (Wildman–Crippen LogP) is 3.29. The van der Waals surface area contributed by atoms with Crippen LogP contribution in [0.1, 0.15) is 68.5 Å². The zero-order valence-electron chi connectivity index (χ0n) is 17.6. The average Bonchev–Trinajstić information content (AvgIpc) is 3.04. The lowest BCUT2D eigenvalue weighted by Gasteiger charge is -2.34. The fourth-order valence-corrected chi connectivity index (χ4v) is 5.23. The molecule has 29 heavy (non-hydrogen) atoms. The topological polar surface area (TPSA) is 52.7 Å². The fraction of sp³-hybridized carbons (Fsp3) is 0.667. The Morgan fingerprint density at radius 2 is 1.62 bits per heavy atom. The molecule has 4 rings (SSSR count). The van der Waals surface area contributed by atoms with E-state index >= 15 is 0 Å². The van der Waals surface area contributed by atoms with Gasteiger partial charge in [0.15, 0.2) is 0 Å². The number of carbonyl (C=O) groups excluding carboxylic acids is 2. The molecule has 0 bridgehead atoms. The summed E-state index contributed by atoms with van der Waals surface area (Å²) in [6.07, 6.45) is 9.84. The van der Waals surface area contributed by atoms with E-state index in [0.29, 0.717) is 12.5 Å². The van der Waals surface area contributed by atoms with E-state index < -0.39 is 0 Å². The standard InChI is InChI=1S/C24H35N3O2/c28-23(25-22-11-7-9-19-8-3-4-10-21(19)22)18-26-16-12-20(13-17-26)24(29)27-14-5-1-2-6-15-27/h3-4,8,10,20,22H,1-2,5-7,9,11-18H2,(H,25,28). The third-order valence-electron chi connectivity index (χ3n) is 6.93. The second kappa shape index (κ2) is 9.75. The second-order valence-electron chi connectivity index (χ2n) is 9.00. The molecule has 2 heterocycles. The number of piperidine rings is 1. The van der Waals surface area contributed by atoms with E-state index in [0.717, 1.165) is 71.1 Å². The first-order valence-electron chi connectivity index (χ1n) is 11.6. The number of rotatable bonds is 4. The molecule has 5 heteroatoms. The van der Waals surface area contributed by atoms with Gasteiger partial charge in [0.2, 0.25) is 11.8 Å². The Labute approximate surface area is 174 Å². The van der Waals surface area contributed by atoms with Crippen molar-refractivity contribution in [1.82, 2.24) is 15.1 Å². The van der Waals surface area contributed by atoms with Crippen LogP contribution in [0.25, 0.3) is 0 Å². The highest BCUT2D eigenvalue weighted by atomic mass is 16.2. The van der Waals surface area contributed by atoms with Crippen LogP contribution in [0.3, 0.4) is 0 Å². The van der Waals surface area contributed by atoms with Gasteiger partial charge < -0.3 is 10.2 Å². The number of likely N-dealkylation sites (tertiary alicyclic amines) is 2. The SMILES string of the molecule is O=C(CN1CCC(C(=O)N2CCCCCC2)CC1)NC1CCCc2ccccc21. The van der Waals surface area contributed by atoms with Crippen LogP contribution in [0.15, 0.2) is 24.3 Å². The van der Waals surface area contributed by atoms with E-state index in [2.05, 4.69) is 39.4 Å². The van der Waals surface area contributed by atoms with Crippen molar-refractivity contribution >= 4 is 11.8 Å². The van der Waals surface area contributed by atoms with Crippen LogP contribution < -0.4 is 5.32 Å². The Morgan fingerprint density at radius 1 is 0.897 bits per heavy atom. The van der Waals surface area contributed by atoms with Gasteiger partial charge in [-0.05, 0) is 69.2 Å². The quantitative estimate of drug-likeness (QED) is 0.848. The van der Waals surface area contributed by atoms with Crippen molar-refractivity contribution in [2.75, 3.05) is 32.7 Å². The summed E-state index contributed by atoms with van der Waals surface area (Å²) in [6, 6.07) is 8.63. The molecule has 5 nitrogen and oxygen atoms in total. The van der Waals surface area contributed by atoms with Gasteiger partial charge in [0.05, 0.1) is 12.6 Å². The minimum absolute atomic E-state index is 0.115. The molecule has 2 fully saturated rings. The molecule has 0 saturated carbocycles. The maximum atomic E-state index is 12.8. The van der Waals surface area contributed by atoms with Gasteiger partial charge in [-0.1, -0.05) is 37.1 Å². The number of nitrogens with zero attached hydrogens (tertiary/aromatic N) is 2. The van der Waals surface area contributed by atoms with Crippen molar-refractivity contribution in [2.24, 2.45) is 5.92 Å². The molecule has 1 atom stereocenters. The maximum Gasteiger partial charge on any atom is 0.234 e. The van der Waals surface area contributed by atoms with Gasteiger partial charge in [0.25, 0.3) is 0 Å². The van der Waals surface area contributed by atoms with E-state index in [9.17, 15) is 9.59 Å². The third-order valence-corrected chi connectivity index (χ3v) is 6.93. The Kier molecular flexibility index (Phi) is 6.86. The number of hydrogen-bond donors (Lipinski definition) is 1. The second-order valence-corrected chi connectivity index (χ2v) is 9.00. The Bertz CT molecular complexity index is 704. The normalized spacial score (nSPS) is 23.9. The lowest BCUT2D eigenvalue weighted by Crippen LogP contribution is -2.46. The maximum absolute atomic E-state index is 12.8. The highest BCUT2D eigenvalue weighted by molar-refractivity contribution is 5.80. The largest absolute Gasteiger partial charge is 0.348 e. The van der Waals surface area contributed by atoms with E-state index in [1.54, 1.807) is 0 Å². The number of benzene rings is 1. The van der Waals surface area contributed by atoms with Crippen LogP contribution in [0, 0.1) is 5.92 Å². The number of nitrogens with one attached hydrogen (secondary N) is 1. The molecule has 1 unspecified atom stereocenters. The van der Waals surface area contributed by atoms with Gasteiger partial charge >= 0.3 is 0 Å². The average molecular weight is 398 g/mol. The van der Waals surface area contributed by atoms with Gasteiger partial charge in [-0.2, -0.15) is 0 Å². The van der Waals surface area contributed by atoms with Crippen molar-refractivity contribution in [1.29, 1.82) is 0 Å². The number of amides is 2. The summed E-state index contributed by atoms with van der Waals surface area (Å²) >= 11 is 0. The number of hydrogen-bond acceptors (Lipinski definition) is 3. The van der Waals surface area contributed by atoms with Crippen LogP contribution in [0.2, 0.25) is 0 Å². The minimum Gasteiger partial charge on any atom is -0.348 e. The van der Waals surface area contributed by atoms with Crippen LogP contribution in [0.5, 0.6) is 0 Å². The van der Waals surface area contributed by atoms with E-state index in [-0.39, 0.29) is 17.9 Å². The smallest absolute Gasteiger partial charge is 0.234 e. The first-order valence-corrected chi connectivity index (χ1v) is 11.6. The minimum atomic E-state index is 0.115. The fourth-order valence-electron chi connectivity index (χ4n) is 5.23. The Balaban J connectivity index is 1.24. The molecule has 2 aliphatic heterocycles. The van der Waals surface area contributed by atoms with E-state index in [1.165, 1.54) is 24.0 Å². The van der Waals surface area contributed by atoms with Crippen LogP contribution in [0.4, 0.5) is 0 Å². The summed E-state index contributed by atoms with van der Waals surface area (Å²) in [5.74, 6) is 0.622. The number of fused-ring (bicyclic) bond motifs is 1. The first-order chi connectivity index (χ1) is 14.2. The Hall–Kier alpha value is -1.88.